The highest BCUT2D eigenvalue weighted by molar-refractivity contribution is 5.73. The SMILES string of the molecule is CCC(CCC(C)C(=O)OCOCC#N)C(=O)OC. The van der Waals surface area contributed by atoms with Crippen molar-refractivity contribution in [3.63, 3.8) is 0 Å². The van der Waals surface area contributed by atoms with Gasteiger partial charge in [0.15, 0.2) is 6.79 Å². The molecule has 6 heteroatoms. The van der Waals surface area contributed by atoms with Gasteiger partial charge in [-0.3, -0.25) is 9.59 Å². The fourth-order valence-corrected chi connectivity index (χ4v) is 1.55. The summed E-state index contributed by atoms with van der Waals surface area (Å²) in [6.07, 6.45) is 1.81. The third kappa shape index (κ3) is 7.42. The molecule has 6 nitrogen and oxygen atoms in total. The van der Waals surface area contributed by atoms with Gasteiger partial charge in [0.05, 0.1) is 25.0 Å². The van der Waals surface area contributed by atoms with Gasteiger partial charge in [0.25, 0.3) is 0 Å². The second-order valence-electron chi connectivity index (χ2n) is 4.19. The highest BCUT2D eigenvalue weighted by Gasteiger charge is 2.21. The van der Waals surface area contributed by atoms with Gasteiger partial charge >= 0.3 is 11.9 Å². The van der Waals surface area contributed by atoms with Crippen molar-refractivity contribution in [2.45, 2.75) is 33.1 Å². The van der Waals surface area contributed by atoms with Crippen molar-refractivity contribution < 1.29 is 23.8 Å². The Balaban J connectivity index is 3.95. The van der Waals surface area contributed by atoms with Crippen LogP contribution in [0.2, 0.25) is 0 Å². The molecule has 0 bridgehead atoms. The van der Waals surface area contributed by atoms with Crippen LogP contribution in [0.4, 0.5) is 0 Å². The number of ether oxygens (including phenoxy) is 3. The smallest absolute Gasteiger partial charge is 0.310 e. The average molecular weight is 271 g/mol. The number of methoxy groups -OCH3 is 1. The lowest BCUT2D eigenvalue weighted by atomic mass is 9.95. The summed E-state index contributed by atoms with van der Waals surface area (Å²) in [5.41, 5.74) is 0. The number of esters is 2. The van der Waals surface area contributed by atoms with E-state index in [0.717, 1.165) is 0 Å². The van der Waals surface area contributed by atoms with Crippen LogP contribution < -0.4 is 0 Å². The Bertz CT molecular complexity index is 323. The van der Waals surface area contributed by atoms with Crippen LogP contribution >= 0.6 is 0 Å². The van der Waals surface area contributed by atoms with Gasteiger partial charge in [-0.05, 0) is 19.3 Å². The van der Waals surface area contributed by atoms with E-state index in [0.29, 0.717) is 19.3 Å². The van der Waals surface area contributed by atoms with Crippen molar-refractivity contribution in [2.75, 3.05) is 20.5 Å². The van der Waals surface area contributed by atoms with E-state index >= 15 is 0 Å². The highest BCUT2D eigenvalue weighted by Crippen LogP contribution is 2.17. The minimum atomic E-state index is -0.391. The first-order valence-corrected chi connectivity index (χ1v) is 6.25. The molecule has 0 aromatic heterocycles. The molecular formula is C13H21NO5. The Labute approximate surface area is 113 Å². The molecule has 0 spiro atoms. The number of carbonyl (C=O) groups is 2. The first-order valence-electron chi connectivity index (χ1n) is 6.25. The van der Waals surface area contributed by atoms with E-state index in [2.05, 4.69) is 4.74 Å². The molecule has 0 aliphatic carbocycles. The van der Waals surface area contributed by atoms with Crippen LogP contribution in [0, 0.1) is 23.2 Å². The third-order valence-corrected chi connectivity index (χ3v) is 2.83. The van der Waals surface area contributed by atoms with Crippen molar-refractivity contribution in [3.8, 4) is 6.07 Å². The average Bonchev–Trinajstić information content (AvgIpc) is 2.43. The summed E-state index contributed by atoms with van der Waals surface area (Å²) in [5.74, 6) is -1.14. The lowest BCUT2D eigenvalue weighted by Crippen LogP contribution is -2.20. The molecule has 0 aliphatic rings. The zero-order valence-corrected chi connectivity index (χ0v) is 11.7. The summed E-state index contributed by atoms with van der Waals surface area (Å²) in [7, 11) is 1.36. The van der Waals surface area contributed by atoms with Gasteiger partial charge in [0, 0.05) is 0 Å². The molecule has 0 N–H and O–H groups in total. The van der Waals surface area contributed by atoms with E-state index in [1.807, 2.05) is 6.92 Å². The Kier molecular flexibility index (Phi) is 9.45. The van der Waals surface area contributed by atoms with Gasteiger partial charge in [-0.2, -0.15) is 5.26 Å². The number of rotatable bonds is 9. The van der Waals surface area contributed by atoms with Gasteiger partial charge in [0.1, 0.15) is 6.61 Å². The number of carbonyl (C=O) groups excluding carboxylic acids is 2. The zero-order valence-electron chi connectivity index (χ0n) is 11.7. The second-order valence-corrected chi connectivity index (χ2v) is 4.19. The molecule has 2 atom stereocenters. The predicted octanol–water partition coefficient (Wildman–Crippen LogP) is 1.64. The van der Waals surface area contributed by atoms with E-state index < -0.39 is 5.97 Å². The van der Waals surface area contributed by atoms with Crippen molar-refractivity contribution >= 4 is 11.9 Å². The Hall–Kier alpha value is -1.61. The van der Waals surface area contributed by atoms with Crippen molar-refractivity contribution in [1.82, 2.24) is 0 Å². The van der Waals surface area contributed by atoms with Crippen molar-refractivity contribution in [3.05, 3.63) is 0 Å². The number of hydrogen-bond donors (Lipinski definition) is 0. The van der Waals surface area contributed by atoms with E-state index in [1.54, 1.807) is 13.0 Å². The lowest BCUT2D eigenvalue weighted by molar-refractivity contribution is -0.160. The third-order valence-electron chi connectivity index (χ3n) is 2.83. The maximum absolute atomic E-state index is 11.5. The molecule has 0 radical (unpaired) electrons. The zero-order chi connectivity index (χ0) is 14.7. The molecule has 0 heterocycles. The first kappa shape index (κ1) is 17.4. The minimum absolute atomic E-state index is 0.109. The molecule has 0 aliphatic heterocycles. The van der Waals surface area contributed by atoms with Gasteiger partial charge in [-0.1, -0.05) is 13.8 Å². The van der Waals surface area contributed by atoms with Gasteiger partial charge in [0.2, 0.25) is 0 Å². The Morgan fingerprint density at radius 2 is 1.95 bits per heavy atom. The molecule has 0 saturated heterocycles. The monoisotopic (exact) mass is 271 g/mol. The fourth-order valence-electron chi connectivity index (χ4n) is 1.55. The summed E-state index contributed by atoms with van der Waals surface area (Å²) >= 11 is 0. The van der Waals surface area contributed by atoms with Crippen molar-refractivity contribution in [1.29, 1.82) is 5.26 Å². The summed E-state index contributed by atoms with van der Waals surface area (Å²) < 4.78 is 14.2. The number of nitriles is 1. The molecule has 0 rings (SSSR count). The maximum Gasteiger partial charge on any atom is 0.310 e. The van der Waals surface area contributed by atoms with E-state index in [1.165, 1.54) is 7.11 Å². The van der Waals surface area contributed by atoms with E-state index in [9.17, 15) is 9.59 Å². The topological polar surface area (TPSA) is 85.6 Å². The molecule has 0 aromatic carbocycles. The maximum atomic E-state index is 11.5. The standard InChI is InChI=1S/C13H21NO5/c1-4-11(13(16)17-3)6-5-10(2)12(15)19-9-18-8-7-14/h10-11H,4-6,8-9H2,1-3H3. The lowest BCUT2D eigenvalue weighted by Gasteiger charge is -2.15. The van der Waals surface area contributed by atoms with E-state index in [4.69, 9.17) is 14.7 Å². The van der Waals surface area contributed by atoms with E-state index in [-0.39, 0.29) is 31.2 Å². The molecule has 2 unspecified atom stereocenters. The van der Waals surface area contributed by atoms with Crippen LogP contribution in [0.15, 0.2) is 0 Å². The summed E-state index contributed by atoms with van der Waals surface area (Å²) in [5, 5.41) is 8.23. The summed E-state index contributed by atoms with van der Waals surface area (Å²) in [4.78, 5) is 22.9. The largest absolute Gasteiger partial charge is 0.469 e. The minimum Gasteiger partial charge on any atom is -0.469 e. The molecule has 0 aromatic rings. The van der Waals surface area contributed by atoms with Crippen molar-refractivity contribution in [2.24, 2.45) is 11.8 Å². The van der Waals surface area contributed by atoms with Crippen LogP contribution in [-0.4, -0.2) is 32.4 Å². The van der Waals surface area contributed by atoms with Gasteiger partial charge in [-0.25, -0.2) is 0 Å². The predicted molar refractivity (Wildman–Crippen MR) is 66.7 cm³/mol. The number of nitrogens with zero attached hydrogens (tertiary/aromatic N) is 1. The van der Waals surface area contributed by atoms with Crippen LogP contribution in [0.5, 0.6) is 0 Å². The molecule has 0 saturated carbocycles. The van der Waals surface area contributed by atoms with Crippen LogP contribution in [0.1, 0.15) is 33.1 Å². The Morgan fingerprint density at radius 1 is 1.26 bits per heavy atom. The molecule has 19 heavy (non-hydrogen) atoms. The first-order chi connectivity index (χ1) is 9.06. The van der Waals surface area contributed by atoms with Crippen LogP contribution in [-0.2, 0) is 23.8 Å². The fraction of sp³-hybridized carbons (Fsp3) is 0.769. The van der Waals surface area contributed by atoms with Crippen LogP contribution in [0.25, 0.3) is 0 Å². The second kappa shape index (κ2) is 10.3. The highest BCUT2D eigenvalue weighted by atomic mass is 16.7. The van der Waals surface area contributed by atoms with Gasteiger partial charge < -0.3 is 14.2 Å². The molecule has 0 amide bonds. The summed E-state index contributed by atoms with van der Waals surface area (Å²) in [6.45, 7) is 3.31. The summed E-state index contributed by atoms with van der Waals surface area (Å²) in [6, 6.07) is 1.77. The van der Waals surface area contributed by atoms with Gasteiger partial charge in [-0.15, -0.1) is 0 Å². The normalized spacial score (nSPS) is 13.2. The quantitative estimate of drug-likeness (QED) is 0.360. The molecule has 0 fully saturated rings. The number of hydrogen-bond acceptors (Lipinski definition) is 6. The Morgan fingerprint density at radius 3 is 2.47 bits per heavy atom. The molecule has 108 valence electrons. The molecular weight excluding hydrogens is 250 g/mol. The van der Waals surface area contributed by atoms with Crippen LogP contribution in [0.3, 0.4) is 0 Å².